The number of carbonyl (C=O) groups excluding carboxylic acids is 1. The van der Waals surface area contributed by atoms with E-state index in [0.717, 1.165) is 12.2 Å². The number of nitrogens with zero attached hydrogens (tertiary/aromatic N) is 1. The lowest BCUT2D eigenvalue weighted by molar-refractivity contribution is -0.122. The number of imidazole rings is 1. The summed E-state index contributed by atoms with van der Waals surface area (Å²) in [7, 11) is 0. The number of nitrogens with two attached hydrogens (primary N) is 1. The second-order valence-electron chi connectivity index (χ2n) is 3.23. The van der Waals surface area contributed by atoms with Crippen molar-refractivity contribution in [2.45, 2.75) is 32.4 Å². The predicted molar refractivity (Wildman–Crippen MR) is 53.4 cm³/mol. The molecule has 0 aliphatic carbocycles. The Morgan fingerprint density at radius 1 is 1.79 bits per heavy atom. The first-order valence-corrected chi connectivity index (χ1v) is 4.70. The van der Waals surface area contributed by atoms with Crippen LogP contribution in [0.1, 0.15) is 32.1 Å². The number of hydrogen-bond acceptors (Lipinski definition) is 3. The molecule has 5 heteroatoms. The Morgan fingerprint density at radius 2 is 2.50 bits per heavy atom. The van der Waals surface area contributed by atoms with Crippen molar-refractivity contribution in [1.82, 2.24) is 15.3 Å². The Morgan fingerprint density at radius 3 is 2.93 bits per heavy atom. The van der Waals surface area contributed by atoms with Gasteiger partial charge in [0.15, 0.2) is 0 Å². The summed E-state index contributed by atoms with van der Waals surface area (Å²) in [6.45, 7) is 3.64. The second kappa shape index (κ2) is 4.76. The normalized spacial score (nSPS) is 14.8. The van der Waals surface area contributed by atoms with E-state index in [1.165, 1.54) is 0 Å². The standard InChI is InChI=1S/C9H16N4O/c1-3-7(8-11-4-5-12-8)13-9(14)6(2)10/h4-7H,3,10H2,1-2H3,(H,11,12)(H,13,14)/t6-,7?/m1/s1. The summed E-state index contributed by atoms with van der Waals surface area (Å²) in [4.78, 5) is 18.4. The van der Waals surface area contributed by atoms with Crippen LogP contribution < -0.4 is 11.1 Å². The van der Waals surface area contributed by atoms with Crippen LogP contribution in [0.2, 0.25) is 0 Å². The van der Waals surface area contributed by atoms with Gasteiger partial charge in [-0.3, -0.25) is 4.79 Å². The molecule has 14 heavy (non-hydrogen) atoms. The maximum atomic E-state index is 11.3. The lowest BCUT2D eigenvalue weighted by atomic mass is 10.2. The zero-order valence-electron chi connectivity index (χ0n) is 8.45. The van der Waals surface area contributed by atoms with E-state index in [1.54, 1.807) is 19.3 Å². The van der Waals surface area contributed by atoms with E-state index >= 15 is 0 Å². The van der Waals surface area contributed by atoms with Gasteiger partial charge in [-0.2, -0.15) is 0 Å². The highest BCUT2D eigenvalue weighted by atomic mass is 16.2. The maximum absolute atomic E-state index is 11.3. The molecule has 4 N–H and O–H groups in total. The molecule has 1 unspecified atom stereocenters. The summed E-state index contributed by atoms with van der Waals surface area (Å²) in [5.74, 6) is 0.606. The molecule has 2 atom stereocenters. The zero-order chi connectivity index (χ0) is 10.6. The van der Waals surface area contributed by atoms with Crippen molar-refractivity contribution in [2.75, 3.05) is 0 Å². The first kappa shape index (κ1) is 10.7. The van der Waals surface area contributed by atoms with E-state index in [1.807, 2.05) is 6.92 Å². The SMILES string of the molecule is CCC(NC(=O)[C@@H](C)N)c1ncc[nH]1. The summed E-state index contributed by atoms with van der Waals surface area (Å²) in [6.07, 6.45) is 4.18. The Bertz CT molecular complexity index is 281. The van der Waals surface area contributed by atoms with Crippen LogP contribution in [0.4, 0.5) is 0 Å². The summed E-state index contributed by atoms with van der Waals surface area (Å²) < 4.78 is 0. The highest BCUT2D eigenvalue weighted by Gasteiger charge is 2.16. The fourth-order valence-electron chi connectivity index (χ4n) is 1.13. The van der Waals surface area contributed by atoms with Gasteiger partial charge in [0.25, 0.3) is 0 Å². The molecule has 1 heterocycles. The lowest BCUT2D eigenvalue weighted by Gasteiger charge is -2.15. The third kappa shape index (κ3) is 2.56. The molecule has 0 spiro atoms. The van der Waals surface area contributed by atoms with Crippen molar-refractivity contribution >= 4 is 5.91 Å². The minimum atomic E-state index is -0.487. The van der Waals surface area contributed by atoms with Crippen molar-refractivity contribution in [2.24, 2.45) is 5.73 Å². The van der Waals surface area contributed by atoms with Gasteiger partial charge < -0.3 is 16.0 Å². The first-order chi connectivity index (χ1) is 6.65. The molecule has 1 aromatic heterocycles. The average Bonchev–Trinajstić information content (AvgIpc) is 2.66. The van der Waals surface area contributed by atoms with E-state index in [9.17, 15) is 4.79 Å². The number of aromatic nitrogens is 2. The topological polar surface area (TPSA) is 83.8 Å². The van der Waals surface area contributed by atoms with Gasteiger partial charge in [0.05, 0.1) is 12.1 Å². The quantitative estimate of drug-likeness (QED) is 0.648. The van der Waals surface area contributed by atoms with Gasteiger partial charge in [-0.15, -0.1) is 0 Å². The monoisotopic (exact) mass is 196 g/mol. The molecule has 1 amide bonds. The summed E-state index contributed by atoms with van der Waals surface area (Å²) in [5, 5.41) is 2.81. The van der Waals surface area contributed by atoms with E-state index in [2.05, 4.69) is 15.3 Å². The van der Waals surface area contributed by atoms with Crippen LogP contribution in [0.25, 0.3) is 0 Å². The van der Waals surface area contributed by atoms with Gasteiger partial charge in [0, 0.05) is 12.4 Å². The van der Waals surface area contributed by atoms with Crippen molar-refractivity contribution in [3.05, 3.63) is 18.2 Å². The molecular formula is C9H16N4O. The molecule has 0 saturated heterocycles. The van der Waals surface area contributed by atoms with Gasteiger partial charge in [-0.25, -0.2) is 4.98 Å². The van der Waals surface area contributed by atoms with Crippen LogP contribution in [-0.4, -0.2) is 21.9 Å². The highest BCUT2D eigenvalue weighted by Crippen LogP contribution is 2.10. The van der Waals surface area contributed by atoms with Gasteiger partial charge in [-0.1, -0.05) is 6.92 Å². The number of carbonyl (C=O) groups is 1. The molecule has 0 aliphatic rings. The van der Waals surface area contributed by atoms with Crippen LogP contribution in [0.3, 0.4) is 0 Å². The van der Waals surface area contributed by atoms with Crippen molar-refractivity contribution in [1.29, 1.82) is 0 Å². The summed E-state index contributed by atoms with van der Waals surface area (Å²) in [5.41, 5.74) is 5.45. The van der Waals surface area contributed by atoms with E-state index in [0.29, 0.717) is 0 Å². The molecule has 1 aromatic rings. The van der Waals surface area contributed by atoms with E-state index < -0.39 is 6.04 Å². The maximum Gasteiger partial charge on any atom is 0.237 e. The number of aromatic amines is 1. The third-order valence-corrected chi connectivity index (χ3v) is 1.99. The van der Waals surface area contributed by atoms with Crippen molar-refractivity contribution < 1.29 is 4.79 Å². The highest BCUT2D eigenvalue weighted by molar-refractivity contribution is 5.81. The smallest absolute Gasteiger partial charge is 0.237 e. The Balaban J connectivity index is 2.61. The minimum Gasteiger partial charge on any atom is -0.347 e. The number of H-pyrrole nitrogens is 1. The number of hydrogen-bond donors (Lipinski definition) is 3. The number of rotatable bonds is 4. The van der Waals surface area contributed by atoms with E-state index in [-0.39, 0.29) is 11.9 Å². The molecule has 0 saturated carbocycles. The lowest BCUT2D eigenvalue weighted by Crippen LogP contribution is -2.40. The molecule has 0 radical (unpaired) electrons. The fraction of sp³-hybridized carbons (Fsp3) is 0.556. The molecule has 0 bridgehead atoms. The largest absolute Gasteiger partial charge is 0.347 e. The third-order valence-electron chi connectivity index (χ3n) is 1.99. The van der Waals surface area contributed by atoms with Crippen LogP contribution in [0, 0.1) is 0 Å². The fourth-order valence-corrected chi connectivity index (χ4v) is 1.13. The second-order valence-corrected chi connectivity index (χ2v) is 3.23. The predicted octanol–water partition coefficient (Wildman–Crippen LogP) is 0.324. The Labute approximate surface area is 83.1 Å². The molecule has 78 valence electrons. The summed E-state index contributed by atoms with van der Waals surface area (Å²) >= 11 is 0. The zero-order valence-corrected chi connectivity index (χ0v) is 8.45. The van der Waals surface area contributed by atoms with Crippen LogP contribution in [0.5, 0.6) is 0 Å². The molecule has 0 aromatic carbocycles. The summed E-state index contributed by atoms with van der Waals surface area (Å²) in [6, 6.07) is -0.567. The molecule has 0 aliphatic heterocycles. The van der Waals surface area contributed by atoms with Crippen LogP contribution in [0.15, 0.2) is 12.4 Å². The molecule has 5 nitrogen and oxygen atoms in total. The minimum absolute atomic E-state index is 0.0801. The van der Waals surface area contributed by atoms with Crippen molar-refractivity contribution in [3.8, 4) is 0 Å². The van der Waals surface area contributed by atoms with Gasteiger partial charge in [-0.05, 0) is 13.3 Å². The first-order valence-electron chi connectivity index (χ1n) is 4.70. The van der Waals surface area contributed by atoms with Gasteiger partial charge >= 0.3 is 0 Å². The Kier molecular flexibility index (Phi) is 3.64. The number of nitrogens with one attached hydrogen (secondary N) is 2. The van der Waals surface area contributed by atoms with Gasteiger partial charge in [0.2, 0.25) is 5.91 Å². The molecule has 0 fully saturated rings. The van der Waals surface area contributed by atoms with E-state index in [4.69, 9.17) is 5.73 Å². The van der Waals surface area contributed by atoms with Gasteiger partial charge in [0.1, 0.15) is 5.82 Å². The number of amides is 1. The van der Waals surface area contributed by atoms with Crippen LogP contribution in [-0.2, 0) is 4.79 Å². The molecular weight excluding hydrogens is 180 g/mol. The molecule has 1 rings (SSSR count). The Hall–Kier alpha value is -1.36. The van der Waals surface area contributed by atoms with Crippen molar-refractivity contribution in [3.63, 3.8) is 0 Å². The average molecular weight is 196 g/mol. The van der Waals surface area contributed by atoms with Crippen LogP contribution >= 0.6 is 0 Å².